The molecule has 9 heteroatoms. The van der Waals surface area contributed by atoms with Crippen molar-refractivity contribution in [2.75, 3.05) is 13.7 Å². The predicted octanol–water partition coefficient (Wildman–Crippen LogP) is 3.51. The lowest BCUT2D eigenvalue weighted by molar-refractivity contribution is 0.0894. The summed E-state index contributed by atoms with van der Waals surface area (Å²) in [4.78, 5) is 38.1. The fourth-order valence-electron chi connectivity index (χ4n) is 4.18. The molecule has 1 aliphatic rings. The quantitative estimate of drug-likeness (QED) is 0.536. The fourth-order valence-corrected chi connectivity index (χ4v) is 5.12. The van der Waals surface area contributed by atoms with Crippen LogP contribution in [0.25, 0.3) is 5.69 Å². The van der Waals surface area contributed by atoms with Crippen LogP contribution >= 0.6 is 22.9 Å². The van der Waals surface area contributed by atoms with E-state index in [1.54, 1.807) is 61.8 Å². The Hall–Kier alpha value is -2.94. The first kappa shape index (κ1) is 23.2. The minimum absolute atomic E-state index is 0.143. The first-order valence-corrected chi connectivity index (χ1v) is 11.8. The topological polar surface area (TPSA) is 89.4 Å². The number of benzene rings is 1. The highest BCUT2D eigenvalue weighted by Crippen LogP contribution is 2.28. The van der Waals surface area contributed by atoms with Crippen LogP contribution < -0.4 is 16.2 Å². The van der Waals surface area contributed by atoms with E-state index < -0.39 is 0 Å². The zero-order valence-electron chi connectivity index (χ0n) is 18.0. The molecule has 0 saturated heterocycles. The number of rotatable bonds is 7. The summed E-state index contributed by atoms with van der Waals surface area (Å²) in [5.41, 5.74) is 1.02. The highest BCUT2D eigenvalue weighted by Gasteiger charge is 2.36. The van der Waals surface area contributed by atoms with Gasteiger partial charge in [-0.1, -0.05) is 17.7 Å². The third kappa shape index (κ3) is 5.52. The van der Waals surface area contributed by atoms with Crippen molar-refractivity contribution in [2.24, 2.45) is 5.92 Å². The van der Waals surface area contributed by atoms with Gasteiger partial charge in [-0.25, -0.2) is 0 Å². The lowest BCUT2D eigenvalue weighted by Crippen LogP contribution is -2.48. The van der Waals surface area contributed by atoms with Gasteiger partial charge >= 0.3 is 0 Å². The predicted molar refractivity (Wildman–Crippen MR) is 128 cm³/mol. The molecular formula is C24H24ClN3O4S. The first-order chi connectivity index (χ1) is 15.9. The summed E-state index contributed by atoms with van der Waals surface area (Å²) in [5.74, 6) is -0.208. The van der Waals surface area contributed by atoms with E-state index in [0.29, 0.717) is 39.9 Å². The van der Waals surface area contributed by atoms with Crippen molar-refractivity contribution in [3.63, 3.8) is 0 Å². The maximum Gasteiger partial charge on any atom is 0.261 e. The molecule has 0 bridgehead atoms. The van der Waals surface area contributed by atoms with E-state index >= 15 is 0 Å². The molecule has 1 fully saturated rings. The Kier molecular flexibility index (Phi) is 7.27. The zero-order valence-corrected chi connectivity index (χ0v) is 19.6. The summed E-state index contributed by atoms with van der Waals surface area (Å²) in [7, 11) is 1.65. The molecule has 0 aliphatic heterocycles. The van der Waals surface area contributed by atoms with Gasteiger partial charge in [-0.2, -0.15) is 0 Å². The van der Waals surface area contributed by atoms with Crippen LogP contribution in [0.15, 0.2) is 65.6 Å². The lowest BCUT2D eigenvalue weighted by Gasteiger charge is -2.22. The molecule has 2 N–H and O–H groups in total. The van der Waals surface area contributed by atoms with Crippen LogP contribution in [0.1, 0.15) is 32.9 Å². The van der Waals surface area contributed by atoms with Crippen LogP contribution in [0.4, 0.5) is 0 Å². The van der Waals surface area contributed by atoms with Gasteiger partial charge in [0.15, 0.2) is 0 Å². The number of methoxy groups -OCH3 is 1. The average Bonchev–Trinajstić information content (AvgIpc) is 3.40. The van der Waals surface area contributed by atoms with Gasteiger partial charge in [0.2, 0.25) is 0 Å². The molecule has 1 aromatic carbocycles. The molecular weight excluding hydrogens is 462 g/mol. The van der Waals surface area contributed by atoms with Crippen molar-refractivity contribution >= 4 is 34.8 Å². The number of carbonyl (C=O) groups is 2. The van der Waals surface area contributed by atoms with E-state index in [0.717, 1.165) is 0 Å². The van der Waals surface area contributed by atoms with E-state index in [4.69, 9.17) is 16.3 Å². The standard InChI is InChI=1S/C24H24ClN3O4S/c1-32-14-15-12-18(19(13-15)27-24(31)20-9-10-21(25)33-20)26-23(30)16-5-7-17(8-6-16)28-11-3-2-4-22(28)29/h2-11,15,18-19H,12-14H2,1H3,(H,26,30)(H,27,31)/t15-,18-,19+/m0/s1. The molecule has 0 unspecified atom stereocenters. The van der Waals surface area contributed by atoms with Crippen molar-refractivity contribution in [3.8, 4) is 5.69 Å². The van der Waals surface area contributed by atoms with Gasteiger partial charge in [0.1, 0.15) is 0 Å². The highest BCUT2D eigenvalue weighted by molar-refractivity contribution is 7.18. The van der Waals surface area contributed by atoms with Gasteiger partial charge in [-0.05, 0) is 61.2 Å². The Morgan fingerprint density at radius 3 is 2.33 bits per heavy atom. The maximum absolute atomic E-state index is 12.9. The van der Waals surface area contributed by atoms with Crippen LogP contribution in [0, 0.1) is 5.92 Å². The molecule has 1 aliphatic carbocycles. The van der Waals surface area contributed by atoms with E-state index in [2.05, 4.69) is 10.6 Å². The van der Waals surface area contributed by atoms with Gasteiger partial charge in [0.25, 0.3) is 17.4 Å². The summed E-state index contributed by atoms with van der Waals surface area (Å²) in [6, 6.07) is 14.7. The highest BCUT2D eigenvalue weighted by atomic mass is 35.5. The minimum Gasteiger partial charge on any atom is -0.384 e. The molecule has 3 aromatic rings. The Morgan fingerprint density at radius 1 is 1.03 bits per heavy atom. The summed E-state index contributed by atoms with van der Waals surface area (Å²) in [5, 5.41) is 6.11. The van der Waals surface area contributed by atoms with Crippen molar-refractivity contribution in [3.05, 3.63) is 85.9 Å². The smallest absolute Gasteiger partial charge is 0.261 e. The molecule has 2 heterocycles. The normalized spacial score (nSPS) is 19.9. The Labute approximate surface area is 200 Å². The molecule has 33 heavy (non-hydrogen) atoms. The molecule has 4 rings (SSSR count). The third-order valence-electron chi connectivity index (χ3n) is 5.72. The van der Waals surface area contributed by atoms with Crippen LogP contribution in [0.2, 0.25) is 4.34 Å². The molecule has 7 nitrogen and oxygen atoms in total. The number of hydrogen-bond donors (Lipinski definition) is 2. The third-order valence-corrected chi connectivity index (χ3v) is 6.95. The fraction of sp³-hybridized carbons (Fsp3) is 0.292. The summed E-state index contributed by atoms with van der Waals surface area (Å²) in [6.45, 7) is 0.560. The van der Waals surface area contributed by atoms with Gasteiger partial charge in [-0.3, -0.25) is 19.0 Å². The average molecular weight is 486 g/mol. The van der Waals surface area contributed by atoms with Gasteiger partial charge < -0.3 is 15.4 Å². The van der Waals surface area contributed by atoms with Crippen molar-refractivity contribution in [1.29, 1.82) is 0 Å². The number of halogens is 1. The molecule has 0 spiro atoms. The Morgan fingerprint density at radius 2 is 1.73 bits per heavy atom. The lowest BCUT2D eigenvalue weighted by atomic mass is 10.1. The van der Waals surface area contributed by atoms with E-state index in [1.165, 1.54) is 22.0 Å². The minimum atomic E-state index is -0.233. The summed E-state index contributed by atoms with van der Waals surface area (Å²) in [6.07, 6.45) is 3.09. The van der Waals surface area contributed by atoms with Crippen LogP contribution in [-0.4, -0.2) is 42.2 Å². The number of hydrogen-bond acceptors (Lipinski definition) is 5. The molecule has 2 aromatic heterocycles. The van der Waals surface area contributed by atoms with Crippen LogP contribution in [-0.2, 0) is 4.74 Å². The number of ether oxygens (including phenoxy) is 1. The number of pyridine rings is 1. The number of nitrogens with zero attached hydrogens (tertiary/aromatic N) is 1. The number of aromatic nitrogens is 1. The number of thiophene rings is 1. The second-order valence-corrected chi connectivity index (χ2v) is 9.73. The molecule has 0 radical (unpaired) electrons. The second-order valence-electron chi connectivity index (χ2n) is 8.01. The molecule has 3 atom stereocenters. The Balaban J connectivity index is 1.45. The number of nitrogens with one attached hydrogen (secondary N) is 2. The van der Waals surface area contributed by atoms with Crippen LogP contribution in [0.5, 0.6) is 0 Å². The zero-order chi connectivity index (χ0) is 23.4. The van der Waals surface area contributed by atoms with Crippen molar-refractivity contribution in [1.82, 2.24) is 15.2 Å². The van der Waals surface area contributed by atoms with Gasteiger partial charge in [-0.15, -0.1) is 11.3 Å². The van der Waals surface area contributed by atoms with E-state index in [1.807, 2.05) is 0 Å². The monoisotopic (exact) mass is 485 g/mol. The summed E-state index contributed by atoms with van der Waals surface area (Å²) >= 11 is 7.18. The van der Waals surface area contributed by atoms with Crippen LogP contribution in [0.3, 0.4) is 0 Å². The molecule has 172 valence electrons. The largest absolute Gasteiger partial charge is 0.384 e. The maximum atomic E-state index is 12.9. The van der Waals surface area contributed by atoms with Gasteiger partial charge in [0.05, 0.1) is 9.21 Å². The van der Waals surface area contributed by atoms with Gasteiger partial charge in [0, 0.05) is 49.3 Å². The number of carbonyl (C=O) groups excluding carboxylic acids is 2. The Bertz CT molecular complexity index is 1190. The van der Waals surface area contributed by atoms with E-state index in [-0.39, 0.29) is 35.4 Å². The molecule has 1 saturated carbocycles. The van der Waals surface area contributed by atoms with E-state index in [9.17, 15) is 14.4 Å². The first-order valence-electron chi connectivity index (χ1n) is 10.6. The number of amides is 2. The SMILES string of the molecule is COC[C@H]1C[C@H](NC(=O)c2ccc(-n3ccccc3=O)cc2)[C@H](NC(=O)c2ccc(Cl)s2)C1. The molecule has 2 amide bonds. The van der Waals surface area contributed by atoms with Crippen molar-refractivity contribution < 1.29 is 14.3 Å². The summed E-state index contributed by atoms with van der Waals surface area (Å²) < 4.78 is 7.36. The second kappa shape index (κ2) is 10.3. The van der Waals surface area contributed by atoms with Crippen molar-refractivity contribution in [2.45, 2.75) is 24.9 Å².